The van der Waals surface area contributed by atoms with Crippen molar-refractivity contribution in [3.8, 4) is 11.3 Å². The molecule has 182 valence electrons. The number of ether oxygens (including phenoxy) is 1. The number of hydrogen-bond acceptors (Lipinski definition) is 5. The Labute approximate surface area is 201 Å². The van der Waals surface area contributed by atoms with Gasteiger partial charge in [-0.15, -0.1) is 0 Å². The van der Waals surface area contributed by atoms with E-state index in [1.54, 1.807) is 0 Å². The number of nitrogens with zero attached hydrogens (tertiary/aromatic N) is 4. The van der Waals surface area contributed by atoms with Gasteiger partial charge in [0, 0.05) is 30.4 Å². The van der Waals surface area contributed by atoms with E-state index in [2.05, 4.69) is 18.7 Å². The molecule has 1 N–H and O–H groups in total. The SMILES string of the molecule is CCC1(C)CCN(c2c([C@H](OC(C)(C)C)C(=O)O)c(C)nc3cc(-c4ccccc4)nn23)CC1. The maximum atomic E-state index is 12.5. The molecule has 0 bridgehead atoms. The van der Waals surface area contributed by atoms with Gasteiger partial charge in [-0.1, -0.05) is 50.6 Å². The molecule has 1 aromatic carbocycles. The summed E-state index contributed by atoms with van der Waals surface area (Å²) >= 11 is 0. The molecular formula is C27H36N4O3. The Morgan fingerprint density at radius 3 is 2.41 bits per heavy atom. The first-order chi connectivity index (χ1) is 16.0. The maximum absolute atomic E-state index is 12.5. The Morgan fingerprint density at radius 2 is 1.85 bits per heavy atom. The number of aromatic nitrogens is 3. The fourth-order valence-corrected chi connectivity index (χ4v) is 4.67. The van der Waals surface area contributed by atoms with Crippen LogP contribution in [0, 0.1) is 12.3 Å². The first-order valence-corrected chi connectivity index (χ1v) is 12.1. The van der Waals surface area contributed by atoms with Gasteiger partial charge in [-0.05, 0) is 46.0 Å². The van der Waals surface area contributed by atoms with Gasteiger partial charge in [0.25, 0.3) is 0 Å². The van der Waals surface area contributed by atoms with E-state index in [1.807, 2.05) is 68.6 Å². The number of hydrogen-bond donors (Lipinski definition) is 1. The highest BCUT2D eigenvalue weighted by molar-refractivity contribution is 5.79. The zero-order valence-electron chi connectivity index (χ0n) is 21.1. The average Bonchev–Trinajstić information content (AvgIpc) is 3.21. The van der Waals surface area contributed by atoms with Crippen LogP contribution in [0.3, 0.4) is 0 Å². The highest BCUT2D eigenvalue weighted by Gasteiger charge is 2.36. The molecule has 1 aliphatic heterocycles. The van der Waals surface area contributed by atoms with Crippen molar-refractivity contribution < 1.29 is 14.6 Å². The zero-order valence-corrected chi connectivity index (χ0v) is 21.1. The number of benzene rings is 1. The number of fused-ring (bicyclic) bond motifs is 1. The second-order valence-electron chi connectivity index (χ2n) is 10.7. The summed E-state index contributed by atoms with van der Waals surface area (Å²) in [6.45, 7) is 13.7. The van der Waals surface area contributed by atoms with Crippen molar-refractivity contribution in [2.24, 2.45) is 5.41 Å². The third-order valence-electron chi connectivity index (χ3n) is 6.96. The van der Waals surface area contributed by atoms with Gasteiger partial charge < -0.3 is 14.7 Å². The van der Waals surface area contributed by atoms with E-state index >= 15 is 0 Å². The summed E-state index contributed by atoms with van der Waals surface area (Å²) in [5.74, 6) is -0.245. The Morgan fingerprint density at radius 1 is 1.21 bits per heavy atom. The van der Waals surface area contributed by atoms with E-state index in [4.69, 9.17) is 14.8 Å². The molecule has 4 rings (SSSR count). The molecule has 1 fully saturated rings. The fourth-order valence-electron chi connectivity index (χ4n) is 4.67. The number of carboxylic acid groups (broad SMARTS) is 1. The summed E-state index contributed by atoms with van der Waals surface area (Å²) in [5.41, 5.74) is 3.41. The predicted octanol–water partition coefficient (Wildman–Crippen LogP) is 5.66. The molecule has 0 spiro atoms. The van der Waals surface area contributed by atoms with Gasteiger partial charge in [-0.3, -0.25) is 0 Å². The van der Waals surface area contributed by atoms with Crippen molar-refractivity contribution in [1.29, 1.82) is 0 Å². The van der Waals surface area contributed by atoms with Crippen LogP contribution in [0.2, 0.25) is 0 Å². The summed E-state index contributed by atoms with van der Waals surface area (Å²) in [4.78, 5) is 19.5. The third-order valence-corrected chi connectivity index (χ3v) is 6.96. The second-order valence-corrected chi connectivity index (χ2v) is 10.7. The van der Waals surface area contributed by atoms with Crippen LogP contribution in [-0.2, 0) is 9.53 Å². The molecule has 0 radical (unpaired) electrons. The molecule has 0 amide bonds. The Bertz CT molecular complexity index is 1170. The number of carbonyl (C=O) groups is 1. The number of aliphatic carboxylic acids is 1. The molecule has 1 atom stereocenters. The molecule has 3 aromatic rings. The van der Waals surface area contributed by atoms with Crippen LogP contribution in [-0.4, -0.2) is 44.4 Å². The number of anilines is 1. The molecular weight excluding hydrogens is 428 g/mol. The molecule has 0 unspecified atom stereocenters. The highest BCUT2D eigenvalue weighted by Crippen LogP contribution is 2.40. The molecule has 2 aromatic heterocycles. The lowest BCUT2D eigenvalue weighted by atomic mass is 9.78. The smallest absolute Gasteiger partial charge is 0.337 e. The average molecular weight is 465 g/mol. The standard InChI is InChI=1S/C27H36N4O3/c1-7-27(6)13-15-30(16-14-27)24-22(23(25(32)33)34-26(3,4)5)18(2)28-21-17-20(29-31(21)24)19-11-9-8-10-12-19/h8-12,17,23H,7,13-16H2,1-6H3,(H,32,33)/t23-/m0/s1. The molecule has 3 heterocycles. The van der Waals surface area contributed by atoms with E-state index < -0.39 is 17.7 Å². The minimum atomic E-state index is -1.14. The maximum Gasteiger partial charge on any atom is 0.337 e. The lowest BCUT2D eigenvalue weighted by Gasteiger charge is -2.41. The minimum absolute atomic E-state index is 0.297. The van der Waals surface area contributed by atoms with Crippen molar-refractivity contribution in [3.05, 3.63) is 47.7 Å². The molecule has 0 saturated carbocycles. The van der Waals surface area contributed by atoms with Crippen LogP contribution < -0.4 is 4.90 Å². The molecule has 34 heavy (non-hydrogen) atoms. The van der Waals surface area contributed by atoms with Crippen molar-refractivity contribution >= 4 is 17.4 Å². The van der Waals surface area contributed by atoms with Crippen LogP contribution >= 0.6 is 0 Å². The Balaban J connectivity index is 1.92. The lowest BCUT2D eigenvalue weighted by Crippen LogP contribution is -2.41. The van der Waals surface area contributed by atoms with Gasteiger partial charge in [-0.25, -0.2) is 9.78 Å². The van der Waals surface area contributed by atoms with Crippen LogP contribution in [0.1, 0.15) is 71.2 Å². The molecule has 0 aliphatic carbocycles. The van der Waals surface area contributed by atoms with E-state index in [-0.39, 0.29) is 0 Å². The minimum Gasteiger partial charge on any atom is -0.479 e. The monoisotopic (exact) mass is 464 g/mol. The largest absolute Gasteiger partial charge is 0.479 e. The topological polar surface area (TPSA) is 80.0 Å². The van der Waals surface area contributed by atoms with Gasteiger partial charge >= 0.3 is 5.97 Å². The van der Waals surface area contributed by atoms with E-state index in [0.717, 1.165) is 49.4 Å². The van der Waals surface area contributed by atoms with Crippen molar-refractivity contribution in [3.63, 3.8) is 0 Å². The van der Waals surface area contributed by atoms with Crippen LogP contribution in [0.5, 0.6) is 0 Å². The van der Waals surface area contributed by atoms with Gasteiger partial charge in [-0.2, -0.15) is 9.61 Å². The fraction of sp³-hybridized carbons (Fsp3) is 0.519. The second kappa shape index (κ2) is 9.02. The van der Waals surface area contributed by atoms with Gasteiger partial charge in [0.1, 0.15) is 5.82 Å². The number of piperidine rings is 1. The van der Waals surface area contributed by atoms with Crippen LogP contribution in [0.4, 0.5) is 5.82 Å². The summed E-state index contributed by atoms with van der Waals surface area (Å²) < 4.78 is 7.91. The van der Waals surface area contributed by atoms with Crippen LogP contribution in [0.25, 0.3) is 16.9 Å². The number of carboxylic acids is 1. The Kier molecular flexibility index (Phi) is 6.42. The normalized spacial score (nSPS) is 17.2. The quantitative estimate of drug-likeness (QED) is 0.507. The van der Waals surface area contributed by atoms with Crippen molar-refractivity contribution in [2.75, 3.05) is 18.0 Å². The first kappa shape index (κ1) is 24.2. The van der Waals surface area contributed by atoms with Gasteiger partial charge in [0.15, 0.2) is 11.8 Å². The van der Waals surface area contributed by atoms with Gasteiger partial charge in [0.05, 0.1) is 16.9 Å². The van der Waals surface area contributed by atoms with E-state index in [1.165, 1.54) is 0 Å². The highest BCUT2D eigenvalue weighted by atomic mass is 16.5. The third kappa shape index (κ3) is 4.80. The summed E-state index contributed by atoms with van der Waals surface area (Å²) in [7, 11) is 0. The van der Waals surface area contributed by atoms with E-state index in [9.17, 15) is 9.90 Å². The predicted molar refractivity (Wildman–Crippen MR) is 134 cm³/mol. The molecule has 1 saturated heterocycles. The number of aryl methyl sites for hydroxylation is 1. The first-order valence-electron chi connectivity index (χ1n) is 12.1. The van der Waals surface area contributed by atoms with Gasteiger partial charge in [0.2, 0.25) is 0 Å². The molecule has 7 nitrogen and oxygen atoms in total. The lowest BCUT2D eigenvalue weighted by molar-refractivity contribution is -0.160. The summed E-state index contributed by atoms with van der Waals surface area (Å²) in [6.07, 6.45) is 2.06. The van der Waals surface area contributed by atoms with Crippen LogP contribution in [0.15, 0.2) is 36.4 Å². The summed E-state index contributed by atoms with van der Waals surface area (Å²) in [6, 6.07) is 12.0. The van der Waals surface area contributed by atoms with Crippen molar-refractivity contribution in [2.45, 2.75) is 72.5 Å². The van der Waals surface area contributed by atoms with Crippen molar-refractivity contribution in [1.82, 2.24) is 14.6 Å². The Hall–Kier alpha value is -2.93. The molecule has 1 aliphatic rings. The number of rotatable bonds is 6. The van der Waals surface area contributed by atoms with E-state index in [0.29, 0.717) is 22.3 Å². The summed E-state index contributed by atoms with van der Waals surface area (Å²) in [5, 5.41) is 15.1. The molecule has 7 heteroatoms. The zero-order chi connectivity index (χ0) is 24.7.